The molecular weight excluding hydrogens is 364 g/mol. The summed E-state index contributed by atoms with van der Waals surface area (Å²) >= 11 is 5.94. The number of hydrogen-bond acceptors (Lipinski definition) is 4. The molecule has 0 radical (unpaired) electrons. The van der Waals surface area contributed by atoms with Gasteiger partial charge in [-0.2, -0.15) is 0 Å². The van der Waals surface area contributed by atoms with E-state index >= 15 is 0 Å². The summed E-state index contributed by atoms with van der Waals surface area (Å²) in [5, 5.41) is 3.65. The fourth-order valence-electron chi connectivity index (χ4n) is 3.07. The Morgan fingerprint density at radius 2 is 1.78 bits per heavy atom. The molecule has 6 nitrogen and oxygen atoms in total. The first kappa shape index (κ1) is 19.4. The Morgan fingerprint density at radius 3 is 2.41 bits per heavy atom. The molecule has 1 saturated heterocycles. The monoisotopic (exact) mass is 386 g/mol. The van der Waals surface area contributed by atoms with Crippen molar-refractivity contribution in [3.63, 3.8) is 0 Å². The molecule has 2 unspecified atom stereocenters. The number of carbonyl (C=O) groups excluding carboxylic acids is 2. The summed E-state index contributed by atoms with van der Waals surface area (Å²) in [7, 11) is 3.44. The van der Waals surface area contributed by atoms with E-state index in [1.165, 1.54) is 4.90 Å². The topological polar surface area (TPSA) is 73.5 Å². The van der Waals surface area contributed by atoms with Crippen LogP contribution in [-0.2, 0) is 11.3 Å². The van der Waals surface area contributed by atoms with Gasteiger partial charge in [-0.15, -0.1) is 0 Å². The van der Waals surface area contributed by atoms with Crippen molar-refractivity contribution in [3.05, 3.63) is 70.2 Å². The molecule has 3 N–H and O–H groups in total. The maximum absolute atomic E-state index is 12.7. The summed E-state index contributed by atoms with van der Waals surface area (Å²) in [6.45, 7) is 0.967. The molecule has 2 aromatic carbocycles. The van der Waals surface area contributed by atoms with Crippen LogP contribution in [0.25, 0.3) is 0 Å². The van der Waals surface area contributed by atoms with Gasteiger partial charge in [0.15, 0.2) is 0 Å². The van der Waals surface area contributed by atoms with Crippen molar-refractivity contribution in [1.82, 2.24) is 21.1 Å². The molecule has 1 fully saturated rings. The Labute approximate surface area is 163 Å². The summed E-state index contributed by atoms with van der Waals surface area (Å²) in [5.41, 5.74) is 8.80. The first-order valence-electron chi connectivity index (χ1n) is 8.78. The third-order valence-electron chi connectivity index (χ3n) is 4.62. The fourth-order valence-corrected chi connectivity index (χ4v) is 3.20. The van der Waals surface area contributed by atoms with Gasteiger partial charge in [-0.3, -0.25) is 15.0 Å². The second-order valence-electron chi connectivity index (χ2n) is 6.78. The molecule has 3 rings (SSSR count). The van der Waals surface area contributed by atoms with Crippen molar-refractivity contribution in [1.29, 1.82) is 0 Å². The molecular formula is C20H23ClN4O2. The molecule has 0 bridgehead atoms. The first-order valence-corrected chi connectivity index (χ1v) is 9.15. The SMILES string of the molecule is CN(C)C(=O)c1ccc(CNC(=O)C2CNNC2c2ccc(Cl)cc2)cc1. The summed E-state index contributed by atoms with van der Waals surface area (Å²) in [4.78, 5) is 26.1. The zero-order valence-corrected chi connectivity index (χ0v) is 16.1. The summed E-state index contributed by atoms with van der Waals surface area (Å²) < 4.78 is 0. The van der Waals surface area contributed by atoms with Crippen molar-refractivity contribution >= 4 is 23.4 Å². The molecule has 0 aromatic heterocycles. The minimum absolute atomic E-state index is 0.0269. The van der Waals surface area contributed by atoms with Gasteiger partial charge in [-0.1, -0.05) is 35.9 Å². The number of amides is 2. The molecule has 1 aliphatic rings. The van der Waals surface area contributed by atoms with Crippen molar-refractivity contribution in [2.24, 2.45) is 5.92 Å². The molecule has 2 aromatic rings. The highest BCUT2D eigenvalue weighted by molar-refractivity contribution is 6.30. The first-order chi connectivity index (χ1) is 13.0. The smallest absolute Gasteiger partial charge is 0.253 e. The van der Waals surface area contributed by atoms with Crippen molar-refractivity contribution in [2.75, 3.05) is 20.6 Å². The number of rotatable bonds is 5. The van der Waals surface area contributed by atoms with E-state index in [0.717, 1.165) is 11.1 Å². The van der Waals surface area contributed by atoms with E-state index < -0.39 is 0 Å². The number of benzene rings is 2. The van der Waals surface area contributed by atoms with Crippen molar-refractivity contribution in [3.8, 4) is 0 Å². The van der Waals surface area contributed by atoms with Crippen LogP contribution in [0.2, 0.25) is 5.02 Å². The molecule has 0 spiro atoms. The standard InChI is InChI=1S/C20H23ClN4O2/c1-25(2)20(27)15-5-3-13(4-6-15)11-22-19(26)17-12-23-24-18(17)14-7-9-16(21)10-8-14/h3-10,17-18,23-24H,11-12H2,1-2H3,(H,22,26). The number of nitrogens with one attached hydrogen (secondary N) is 3. The predicted molar refractivity (Wildman–Crippen MR) is 105 cm³/mol. The van der Waals surface area contributed by atoms with Gasteiger partial charge in [0, 0.05) is 37.8 Å². The Balaban J connectivity index is 1.60. The van der Waals surface area contributed by atoms with Crippen LogP contribution in [0.5, 0.6) is 0 Å². The van der Waals surface area contributed by atoms with Crippen LogP contribution < -0.4 is 16.2 Å². The van der Waals surface area contributed by atoms with Gasteiger partial charge in [0.25, 0.3) is 5.91 Å². The molecule has 0 aliphatic carbocycles. The van der Waals surface area contributed by atoms with E-state index in [-0.39, 0.29) is 23.8 Å². The van der Waals surface area contributed by atoms with Gasteiger partial charge < -0.3 is 10.2 Å². The quantitative estimate of drug-likeness (QED) is 0.736. The summed E-state index contributed by atoms with van der Waals surface area (Å²) in [6.07, 6.45) is 0. The highest BCUT2D eigenvalue weighted by Gasteiger charge is 2.33. The lowest BCUT2D eigenvalue weighted by Gasteiger charge is -2.18. The Morgan fingerprint density at radius 1 is 1.11 bits per heavy atom. The molecule has 2 atom stereocenters. The van der Waals surface area contributed by atoms with Gasteiger partial charge in [0.05, 0.1) is 12.0 Å². The van der Waals surface area contributed by atoms with Crippen LogP contribution >= 0.6 is 11.6 Å². The lowest BCUT2D eigenvalue weighted by molar-refractivity contribution is -0.125. The number of hydrazine groups is 1. The third kappa shape index (κ3) is 4.66. The maximum Gasteiger partial charge on any atom is 0.253 e. The molecule has 1 heterocycles. The molecule has 27 heavy (non-hydrogen) atoms. The number of carbonyl (C=O) groups is 2. The van der Waals surface area contributed by atoms with Crippen LogP contribution in [0.4, 0.5) is 0 Å². The molecule has 0 saturated carbocycles. The minimum atomic E-state index is -0.222. The van der Waals surface area contributed by atoms with Crippen molar-refractivity contribution < 1.29 is 9.59 Å². The van der Waals surface area contributed by atoms with Gasteiger partial charge in [0.2, 0.25) is 5.91 Å². The Hall–Kier alpha value is -2.41. The van der Waals surface area contributed by atoms with E-state index in [0.29, 0.717) is 23.7 Å². The largest absolute Gasteiger partial charge is 0.352 e. The van der Waals surface area contributed by atoms with Crippen LogP contribution in [0.3, 0.4) is 0 Å². The zero-order chi connectivity index (χ0) is 19.4. The van der Waals surface area contributed by atoms with Gasteiger partial charge in [-0.25, -0.2) is 5.43 Å². The lowest BCUT2D eigenvalue weighted by atomic mass is 9.94. The molecule has 7 heteroatoms. The molecule has 142 valence electrons. The van der Waals surface area contributed by atoms with E-state index in [1.54, 1.807) is 26.2 Å². The normalized spacial score (nSPS) is 18.9. The second-order valence-corrected chi connectivity index (χ2v) is 7.21. The average Bonchev–Trinajstić information content (AvgIpc) is 3.16. The van der Waals surface area contributed by atoms with Crippen molar-refractivity contribution in [2.45, 2.75) is 12.6 Å². The van der Waals surface area contributed by atoms with Crippen LogP contribution in [0.1, 0.15) is 27.5 Å². The van der Waals surface area contributed by atoms with E-state index in [9.17, 15) is 9.59 Å². The van der Waals surface area contributed by atoms with E-state index in [1.807, 2.05) is 36.4 Å². The fraction of sp³-hybridized carbons (Fsp3) is 0.300. The predicted octanol–water partition coefficient (Wildman–Crippen LogP) is 2.12. The van der Waals surface area contributed by atoms with E-state index in [4.69, 9.17) is 11.6 Å². The summed E-state index contributed by atoms with van der Waals surface area (Å²) in [5.74, 6) is -0.291. The van der Waals surface area contributed by atoms with Crippen LogP contribution in [-0.4, -0.2) is 37.4 Å². The summed E-state index contributed by atoms with van der Waals surface area (Å²) in [6, 6.07) is 14.7. The highest BCUT2D eigenvalue weighted by atomic mass is 35.5. The second kappa shape index (κ2) is 8.52. The van der Waals surface area contributed by atoms with Gasteiger partial charge >= 0.3 is 0 Å². The van der Waals surface area contributed by atoms with Gasteiger partial charge in [-0.05, 0) is 35.4 Å². The maximum atomic E-state index is 12.7. The number of hydrogen-bond donors (Lipinski definition) is 3. The minimum Gasteiger partial charge on any atom is -0.352 e. The zero-order valence-electron chi connectivity index (χ0n) is 15.3. The van der Waals surface area contributed by atoms with E-state index in [2.05, 4.69) is 16.2 Å². The Kier molecular flexibility index (Phi) is 6.11. The highest BCUT2D eigenvalue weighted by Crippen LogP contribution is 2.26. The average molecular weight is 387 g/mol. The molecule has 1 aliphatic heterocycles. The number of halogens is 1. The van der Waals surface area contributed by atoms with Gasteiger partial charge in [0.1, 0.15) is 0 Å². The van der Waals surface area contributed by atoms with Crippen LogP contribution in [0.15, 0.2) is 48.5 Å². The van der Waals surface area contributed by atoms with Crippen LogP contribution in [0, 0.1) is 5.92 Å². The Bertz CT molecular complexity index is 806. The molecule has 2 amide bonds. The third-order valence-corrected chi connectivity index (χ3v) is 4.87. The number of nitrogens with zero attached hydrogens (tertiary/aromatic N) is 1. The lowest BCUT2D eigenvalue weighted by Crippen LogP contribution is -2.34.